The molecule has 2 rings (SSSR count). The van der Waals surface area contributed by atoms with Gasteiger partial charge in [-0.05, 0) is 41.6 Å². The van der Waals surface area contributed by atoms with Crippen molar-refractivity contribution in [2.24, 2.45) is 0 Å². The van der Waals surface area contributed by atoms with Crippen LogP contribution in [0.4, 0.5) is 0 Å². The van der Waals surface area contributed by atoms with Crippen LogP contribution in [0.5, 0.6) is 0 Å². The molecular weight excluding hydrogens is 250 g/mol. The lowest BCUT2D eigenvalue weighted by atomic mass is 10.0. The lowest BCUT2D eigenvalue weighted by Gasteiger charge is -2.17. The van der Waals surface area contributed by atoms with E-state index in [0.29, 0.717) is 6.04 Å². The van der Waals surface area contributed by atoms with Crippen molar-refractivity contribution in [3.8, 4) is 0 Å². The van der Waals surface area contributed by atoms with Crippen molar-refractivity contribution >= 4 is 22.5 Å². The molecule has 19 heavy (non-hydrogen) atoms. The Morgan fingerprint density at radius 3 is 2.63 bits per heavy atom. The molecule has 0 radical (unpaired) electrons. The summed E-state index contributed by atoms with van der Waals surface area (Å²) in [5.41, 5.74) is 1.39. The van der Waals surface area contributed by atoms with Gasteiger partial charge in [-0.15, -0.1) is 0 Å². The summed E-state index contributed by atoms with van der Waals surface area (Å²) in [5.74, 6) is 2.41. The van der Waals surface area contributed by atoms with Gasteiger partial charge in [0.1, 0.15) is 0 Å². The molecule has 0 aliphatic rings. The van der Waals surface area contributed by atoms with E-state index in [9.17, 15) is 0 Å². The average molecular weight is 273 g/mol. The van der Waals surface area contributed by atoms with Gasteiger partial charge in [0.15, 0.2) is 0 Å². The largest absolute Gasteiger partial charge is 0.312 e. The fraction of sp³-hybridized carbons (Fsp3) is 0.412. The van der Waals surface area contributed by atoms with Crippen molar-refractivity contribution in [1.82, 2.24) is 5.32 Å². The Morgan fingerprint density at radius 1 is 1.11 bits per heavy atom. The Morgan fingerprint density at radius 2 is 1.89 bits per heavy atom. The maximum atomic E-state index is 3.44. The highest BCUT2D eigenvalue weighted by molar-refractivity contribution is 7.99. The second kappa shape index (κ2) is 7.56. The molecule has 0 bridgehead atoms. The molecule has 1 unspecified atom stereocenters. The first kappa shape index (κ1) is 14.4. The van der Waals surface area contributed by atoms with Crippen molar-refractivity contribution < 1.29 is 0 Å². The van der Waals surface area contributed by atoms with E-state index in [1.165, 1.54) is 34.9 Å². The number of nitrogens with one attached hydrogen (secondary N) is 1. The summed E-state index contributed by atoms with van der Waals surface area (Å²) in [6.07, 6.45) is 2.60. The SMILES string of the molecule is CCCCSCC(NC)c1ccc2ccccc2c1. The molecule has 0 spiro atoms. The number of rotatable bonds is 7. The van der Waals surface area contributed by atoms with Gasteiger partial charge in [0, 0.05) is 11.8 Å². The highest BCUT2D eigenvalue weighted by atomic mass is 32.2. The van der Waals surface area contributed by atoms with E-state index in [4.69, 9.17) is 0 Å². The van der Waals surface area contributed by atoms with Gasteiger partial charge in [-0.25, -0.2) is 0 Å². The van der Waals surface area contributed by atoms with E-state index in [2.05, 4.69) is 61.8 Å². The van der Waals surface area contributed by atoms with E-state index in [-0.39, 0.29) is 0 Å². The highest BCUT2D eigenvalue weighted by Crippen LogP contribution is 2.23. The van der Waals surface area contributed by atoms with Gasteiger partial charge in [0.05, 0.1) is 0 Å². The maximum absolute atomic E-state index is 3.44. The molecule has 0 amide bonds. The van der Waals surface area contributed by atoms with Gasteiger partial charge in [-0.1, -0.05) is 49.7 Å². The van der Waals surface area contributed by atoms with Gasteiger partial charge >= 0.3 is 0 Å². The van der Waals surface area contributed by atoms with E-state index in [0.717, 1.165) is 5.75 Å². The normalized spacial score (nSPS) is 12.7. The zero-order chi connectivity index (χ0) is 13.5. The van der Waals surface area contributed by atoms with Crippen LogP contribution < -0.4 is 5.32 Å². The van der Waals surface area contributed by atoms with Crippen LogP contribution in [-0.2, 0) is 0 Å². The van der Waals surface area contributed by atoms with E-state index < -0.39 is 0 Å². The molecule has 1 N–H and O–H groups in total. The predicted octanol–water partition coefficient (Wildman–Crippen LogP) is 4.63. The fourth-order valence-corrected chi connectivity index (χ4v) is 3.47. The molecule has 2 heteroatoms. The van der Waals surface area contributed by atoms with Gasteiger partial charge in [0.2, 0.25) is 0 Å². The third kappa shape index (κ3) is 3.99. The minimum Gasteiger partial charge on any atom is -0.312 e. The molecule has 0 fully saturated rings. The first-order valence-corrected chi connectivity index (χ1v) is 8.24. The second-order valence-corrected chi connectivity index (χ2v) is 6.03. The zero-order valence-electron chi connectivity index (χ0n) is 11.9. The lowest BCUT2D eigenvalue weighted by Crippen LogP contribution is -2.18. The molecule has 1 atom stereocenters. The number of benzene rings is 2. The molecule has 2 aromatic carbocycles. The van der Waals surface area contributed by atoms with Crippen LogP contribution in [0, 0.1) is 0 Å². The second-order valence-electron chi connectivity index (χ2n) is 4.88. The van der Waals surface area contributed by atoms with Crippen LogP contribution in [0.2, 0.25) is 0 Å². The number of unbranched alkanes of at least 4 members (excludes halogenated alkanes) is 1. The standard InChI is InChI=1S/C17H23NS/c1-3-4-11-19-13-17(18-2)16-10-9-14-7-5-6-8-15(14)12-16/h5-10,12,17-18H,3-4,11,13H2,1-2H3. The van der Waals surface area contributed by atoms with Crippen LogP contribution in [0.25, 0.3) is 10.8 Å². The molecule has 0 aliphatic heterocycles. The quantitative estimate of drug-likeness (QED) is 0.738. The van der Waals surface area contributed by atoms with E-state index in [1.54, 1.807) is 0 Å². The maximum Gasteiger partial charge on any atom is 0.0409 e. The molecule has 0 aliphatic carbocycles. The van der Waals surface area contributed by atoms with Crippen molar-refractivity contribution in [2.45, 2.75) is 25.8 Å². The highest BCUT2D eigenvalue weighted by Gasteiger charge is 2.09. The fourth-order valence-electron chi connectivity index (χ4n) is 2.22. The van der Waals surface area contributed by atoms with Crippen LogP contribution in [0.3, 0.4) is 0 Å². The van der Waals surface area contributed by atoms with Gasteiger partial charge in [-0.3, -0.25) is 0 Å². The minimum atomic E-state index is 0.450. The van der Waals surface area contributed by atoms with Crippen molar-refractivity contribution in [3.63, 3.8) is 0 Å². The molecule has 102 valence electrons. The summed E-state index contributed by atoms with van der Waals surface area (Å²) in [5, 5.41) is 6.09. The Kier molecular flexibility index (Phi) is 5.74. The number of hydrogen-bond donors (Lipinski definition) is 1. The van der Waals surface area contributed by atoms with Gasteiger partial charge in [0.25, 0.3) is 0 Å². The van der Waals surface area contributed by atoms with Crippen molar-refractivity contribution in [2.75, 3.05) is 18.6 Å². The van der Waals surface area contributed by atoms with Gasteiger partial charge < -0.3 is 5.32 Å². The smallest absolute Gasteiger partial charge is 0.0409 e. The van der Waals surface area contributed by atoms with Crippen molar-refractivity contribution in [1.29, 1.82) is 0 Å². The van der Waals surface area contributed by atoms with E-state index in [1.807, 2.05) is 11.8 Å². The average Bonchev–Trinajstić information content (AvgIpc) is 2.47. The molecular formula is C17H23NS. The molecule has 0 heterocycles. The Labute approximate surface area is 120 Å². The minimum absolute atomic E-state index is 0.450. The van der Waals surface area contributed by atoms with Crippen LogP contribution in [0.1, 0.15) is 31.4 Å². The number of thioether (sulfide) groups is 1. The first-order chi connectivity index (χ1) is 9.35. The number of fused-ring (bicyclic) bond motifs is 1. The van der Waals surface area contributed by atoms with E-state index >= 15 is 0 Å². The summed E-state index contributed by atoms with van der Waals surface area (Å²) < 4.78 is 0. The third-order valence-corrected chi connectivity index (χ3v) is 4.60. The van der Waals surface area contributed by atoms with Crippen LogP contribution >= 0.6 is 11.8 Å². The molecule has 2 aromatic rings. The topological polar surface area (TPSA) is 12.0 Å². The third-order valence-electron chi connectivity index (χ3n) is 3.45. The Balaban J connectivity index is 2.07. The Hall–Kier alpha value is -0.990. The zero-order valence-corrected chi connectivity index (χ0v) is 12.7. The summed E-state index contributed by atoms with van der Waals surface area (Å²) in [6, 6.07) is 15.8. The van der Waals surface area contributed by atoms with Crippen molar-refractivity contribution in [3.05, 3.63) is 48.0 Å². The summed E-state index contributed by atoms with van der Waals surface area (Å²) in [4.78, 5) is 0. The summed E-state index contributed by atoms with van der Waals surface area (Å²) >= 11 is 2.05. The monoisotopic (exact) mass is 273 g/mol. The Bertz CT molecular complexity index is 509. The van der Waals surface area contributed by atoms with Crippen LogP contribution in [0.15, 0.2) is 42.5 Å². The lowest BCUT2D eigenvalue weighted by molar-refractivity contribution is 0.662. The summed E-state index contributed by atoms with van der Waals surface area (Å²) in [7, 11) is 2.06. The predicted molar refractivity (Wildman–Crippen MR) is 88.0 cm³/mol. The summed E-state index contributed by atoms with van der Waals surface area (Å²) in [6.45, 7) is 2.25. The van der Waals surface area contributed by atoms with Gasteiger partial charge in [-0.2, -0.15) is 11.8 Å². The molecule has 0 saturated heterocycles. The first-order valence-electron chi connectivity index (χ1n) is 7.09. The molecule has 1 nitrogen and oxygen atoms in total. The molecule has 0 saturated carbocycles. The number of hydrogen-bond acceptors (Lipinski definition) is 2. The molecule has 0 aromatic heterocycles. The van der Waals surface area contributed by atoms with Crippen LogP contribution in [-0.4, -0.2) is 18.6 Å².